The van der Waals surface area contributed by atoms with Gasteiger partial charge in [-0.3, -0.25) is 4.99 Å². The molecule has 2 aromatic rings. The van der Waals surface area contributed by atoms with Crippen molar-refractivity contribution >= 4 is 5.96 Å². The summed E-state index contributed by atoms with van der Waals surface area (Å²) in [4.78, 5) is 4.31. The van der Waals surface area contributed by atoms with Crippen molar-refractivity contribution in [2.24, 2.45) is 4.99 Å². The van der Waals surface area contributed by atoms with Crippen LogP contribution in [0.4, 0.5) is 4.39 Å². The van der Waals surface area contributed by atoms with Crippen molar-refractivity contribution in [1.82, 2.24) is 20.4 Å². The Morgan fingerprint density at radius 1 is 1.20 bits per heavy atom. The molecule has 0 saturated heterocycles. The van der Waals surface area contributed by atoms with Crippen LogP contribution in [-0.4, -0.2) is 35.4 Å². The number of aromatic nitrogens is 2. The highest BCUT2D eigenvalue weighted by molar-refractivity contribution is 5.79. The summed E-state index contributed by atoms with van der Waals surface area (Å²) in [5.41, 5.74) is 1.85. The Morgan fingerprint density at radius 2 is 1.96 bits per heavy atom. The summed E-state index contributed by atoms with van der Waals surface area (Å²) in [5, 5.41) is 11.4. The largest absolute Gasteiger partial charge is 0.356 e. The molecule has 0 atom stereocenters. The first-order valence-corrected chi connectivity index (χ1v) is 9.02. The Balaban J connectivity index is 1.47. The fourth-order valence-corrected chi connectivity index (χ4v) is 3.18. The summed E-state index contributed by atoms with van der Waals surface area (Å²) in [6.07, 6.45) is 9.11. The van der Waals surface area contributed by atoms with Crippen molar-refractivity contribution in [2.45, 2.75) is 44.6 Å². The molecule has 5 nitrogen and oxygen atoms in total. The minimum Gasteiger partial charge on any atom is -0.356 e. The van der Waals surface area contributed by atoms with Crippen LogP contribution in [0, 0.1) is 5.82 Å². The number of nitrogens with one attached hydrogen (secondary N) is 2. The van der Waals surface area contributed by atoms with Crippen molar-refractivity contribution < 1.29 is 4.39 Å². The maximum Gasteiger partial charge on any atom is 0.191 e. The van der Waals surface area contributed by atoms with Gasteiger partial charge < -0.3 is 10.6 Å². The molecule has 1 aromatic heterocycles. The van der Waals surface area contributed by atoms with E-state index >= 15 is 0 Å². The van der Waals surface area contributed by atoms with Crippen LogP contribution < -0.4 is 10.6 Å². The highest BCUT2D eigenvalue weighted by atomic mass is 19.1. The Kier molecular flexibility index (Phi) is 6.04. The van der Waals surface area contributed by atoms with Crippen LogP contribution in [-0.2, 0) is 6.42 Å². The molecule has 0 radical (unpaired) electrons. The lowest BCUT2D eigenvalue weighted by molar-refractivity contribution is 0.410. The monoisotopic (exact) mass is 343 g/mol. The predicted molar refractivity (Wildman–Crippen MR) is 98.6 cm³/mol. The van der Waals surface area contributed by atoms with Gasteiger partial charge >= 0.3 is 0 Å². The first-order chi connectivity index (χ1) is 12.2. The number of hydrogen-bond donors (Lipinski definition) is 2. The number of hydrogen-bond acceptors (Lipinski definition) is 2. The van der Waals surface area contributed by atoms with Crippen LogP contribution in [0.3, 0.4) is 0 Å². The van der Waals surface area contributed by atoms with Gasteiger partial charge in [-0.1, -0.05) is 19.3 Å². The van der Waals surface area contributed by atoms with Gasteiger partial charge in [-0.05, 0) is 43.2 Å². The van der Waals surface area contributed by atoms with Gasteiger partial charge in [0.05, 0.1) is 11.4 Å². The Morgan fingerprint density at radius 3 is 2.68 bits per heavy atom. The molecule has 6 heteroatoms. The van der Waals surface area contributed by atoms with E-state index in [1.165, 1.54) is 44.2 Å². The molecule has 0 bridgehead atoms. The van der Waals surface area contributed by atoms with Gasteiger partial charge in [-0.15, -0.1) is 0 Å². The fourth-order valence-electron chi connectivity index (χ4n) is 3.18. The van der Waals surface area contributed by atoms with Crippen molar-refractivity contribution in [2.75, 3.05) is 13.6 Å². The van der Waals surface area contributed by atoms with Gasteiger partial charge in [0, 0.05) is 32.3 Å². The summed E-state index contributed by atoms with van der Waals surface area (Å²) in [5.74, 6) is 0.627. The zero-order valence-corrected chi connectivity index (χ0v) is 14.7. The van der Waals surface area contributed by atoms with Crippen LogP contribution >= 0.6 is 0 Å². The molecular formula is C19H26FN5. The molecule has 0 aliphatic heterocycles. The lowest BCUT2D eigenvalue weighted by Crippen LogP contribution is -2.44. The lowest BCUT2D eigenvalue weighted by Gasteiger charge is -2.24. The molecule has 2 N–H and O–H groups in total. The minimum atomic E-state index is -0.239. The summed E-state index contributed by atoms with van der Waals surface area (Å²) in [6, 6.07) is 8.86. The van der Waals surface area contributed by atoms with E-state index in [0.29, 0.717) is 6.04 Å². The molecular weight excluding hydrogens is 317 g/mol. The zero-order chi connectivity index (χ0) is 17.5. The maximum absolute atomic E-state index is 13.0. The average Bonchev–Trinajstić information content (AvgIpc) is 3.11. The van der Waals surface area contributed by atoms with Gasteiger partial charge in [0.1, 0.15) is 5.82 Å². The van der Waals surface area contributed by atoms with Crippen LogP contribution in [0.25, 0.3) is 5.69 Å². The first-order valence-electron chi connectivity index (χ1n) is 9.02. The van der Waals surface area contributed by atoms with Crippen molar-refractivity contribution in [3.63, 3.8) is 0 Å². The SMILES string of the molecule is CN=C(NCCc1ccn(-c2ccc(F)cc2)n1)NC1CCCCC1. The van der Waals surface area contributed by atoms with Gasteiger partial charge in [0.25, 0.3) is 0 Å². The van der Waals surface area contributed by atoms with E-state index in [4.69, 9.17) is 0 Å². The van der Waals surface area contributed by atoms with Crippen LogP contribution in [0.1, 0.15) is 37.8 Å². The molecule has 3 rings (SSSR count). The maximum atomic E-state index is 13.0. The summed E-state index contributed by atoms with van der Waals surface area (Å²) < 4.78 is 14.8. The second-order valence-corrected chi connectivity index (χ2v) is 6.46. The van der Waals surface area contributed by atoms with Crippen molar-refractivity contribution in [3.8, 4) is 5.69 Å². The molecule has 0 spiro atoms. The highest BCUT2D eigenvalue weighted by Gasteiger charge is 2.14. The van der Waals surface area contributed by atoms with E-state index < -0.39 is 0 Å². The average molecular weight is 343 g/mol. The molecule has 1 aliphatic carbocycles. The number of benzene rings is 1. The zero-order valence-electron chi connectivity index (χ0n) is 14.7. The smallest absolute Gasteiger partial charge is 0.191 e. The van der Waals surface area contributed by atoms with E-state index in [1.807, 2.05) is 12.3 Å². The van der Waals surface area contributed by atoms with Gasteiger partial charge in [0.2, 0.25) is 0 Å². The van der Waals surface area contributed by atoms with Crippen LogP contribution in [0.5, 0.6) is 0 Å². The molecule has 134 valence electrons. The van der Waals surface area contributed by atoms with E-state index in [1.54, 1.807) is 23.9 Å². The predicted octanol–water partition coefficient (Wildman–Crippen LogP) is 3.05. The molecule has 1 heterocycles. The van der Waals surface area contributed by atoms with Crippen molar-refractivity contribution in [3.05, 3.63) is 48.0 Å². The van der Waals surface area contributed by atoms with Crippen LogP contribution in [0.2, 0.25) is 0 Å². The highest BCUT2D eigenvalue weighted by Crippen LogP contribution is 2.17. The summed E-state index contributed by atoms with van der Waals surface area (Å²) in [7, 11) is 1.81. The second-order valence-electron chi connectivity index (χ2n) is 6.46. The molecule has 1 aromatic carbocycles. The third-order valence-electron chi connectivity index (χ3n) is 4.58. The topological polar surface area (TPSA) is 54.2 Å². The third kappa shape index (κ3) is 5.05. The fraction of sp³-hybridized carbons (Fsp3) is 0.474. The summed E-state index contributed by atoms with van der Waals surface area (Å²) >= 11 is 0. The van der Waals surface area contributed by atoms with E-state index in [9.17, 15) is 4.39 Å². The van der Waals surface area contributed by atoms with Gasteiger partial charge in [-0.25, -0.2) is 9.07 Å². The Labute approximate surface area is 148 Å². The lowest BCUT2D eigenvalue weighted by atomic mass is 9.96. The minimum absolute atomic E-state index is 0.239. The number of aliphatic imine (C=N–C) groups is 1. The third-order valence-corrected chi connectivity index (χ3v) is 4.58. The molecule has 1 fully saturated rings. The standard InChI is InChI=1S/C19H26FN5/c1-21-19(23-16-5-3-2-4-6-16)22-13-11-17-12-14-25(24-17)18-9-7-15(20)8-10-18/h7-10,12,14,16H,2-6,11,13H2,1H3,(H2,21,22,23). The number of halogens is 1. The summed E-state index contributed by atoms with van der Waals surface area (Å²) in [6.45, 7) is 0.771. The Hall–Kier alpha value is -2.37. The van der Waals surface area contributed by atoms with E-state index in [-0.39, 0.29) is 5.82 Å². The number of rotatable bonds is 5. The second kappa shape index (κ2) is 8.65. The van der Waals surface area contributed by atoms with E-state index in [2.05, 4.69) is 20.7 Å². The van der Waals surface area contributed by atoms with Gasteiger partial charge in [-0.2, -0.15) is 5.10 Å². The number of guanidine groups is 1. The quantitative estimate of drug-likeness (QED) is 0.648. The molecule has 25 heavy (non-hydrogen) atoms. The van der Waals surface area contributed by atoms with Crippen molar-refractivity contribution in [1.29, 1.82) is 0 Å². The molecule has 0 unspecified atom stereocenters. The molecule has 0 amide bonds. The van der Waals surface area contributed by atoms with Crippen LogP contribution in [0.15, 0.2) is 41.5 Å². The molecule has 1 aliphatic rings. The van der Waals surface area contributed by atoms with Gasteiger partial charge in [0.15, 0.2) is 5.96 Å². The first kappa shape index (κ1) is 17.5. The Bertz CT molecular complexity index is 686. The molecule has 1 saturated carbocycles. The van der Waals surface area contributed by atoms with E-state index in [0.717, 1.165) is 30.3 Å². The normalized spacial score (nSPS) is 16.0. The number of nitrogens with zero attached hydrogens (tertiary/aromatic N) is 3.